The van der Waals surface area contributed by atoms with Crippen LogP contribution in [-0.4, -0.2) is 42.3 Å². The molecule has 1 aromatic rings. The molecule has 0 saturated carbocycles. The molecule has 1 aromatic carbocycles. The van der Waals surface area contributed by atoms with E-state index in [1.807, 2.05) is 13.2 Å². The minimum atomic E-state index is -0.250. The van der Waals surface area contributed by atoms with Gasteiger partial charge in [-0.3, -0.25) is 4.79 Å². The van der Waals surface area contributed by atoms with Gasteiger partial charge in [0.2, 0.25) is 0 Å². The minimum absolute atomic E-state index is 0.0146. The highest BCUT2D eigenvalue weighted by Crippen LogP contribution is 2.20. The number of ether oxygens (including phenoxy) is 1. The van der Waals surface area contributed by atoms with E-state index in [1.165, 1.54) is 11.8 Å². The Kier molecular flexibility index (Phi) is 5.98. The summed E-state index contributed by atoms with van der Waals surface area (Å²) in [4.78, 5) is 12.1. The van der Waals surface area contributed by atoms with Crippen LogP contribution in [0.15, 0.2) is 18.2 Å². The summed E-state index contributed by atoms with van der Waals surface area (Å²) in [6, 6.07) is 4.78. The van der Waals surface area contributed by atoms with Crippen LogP contribution in [0.1, 0.15) is 17.3 Å². The van der Waals surface area contributed by atoms with Crippen LogP contribution in [0.5, 0.6) is 5.75 Å². The van der Waals surface area contributed by atoms with Gasteiger partial charge in [-0.25, -0.2) is 0 Å². The molecule has 0 aliphatic carbocycles. The summed E-state index contributed by atoms with van der Waals surface area (Å²) in [6.07, 6.45) is 1.89. The van der Waals surface area contributed by atoms with Crippen molar-refractivity contribution in [3.8, 4) is 5.75 Å². The molecule has 4 N–H and O–H groups in total. The lowest BCUT2D eigenvalue weighted by Crippen LogP contribution is -2.41. The van der Waals surface area contributed by atoms with Crippen molar-refractivity contribution in [1.29, 1.82) is 0 Å². The molecule has 0 heterocycles. The number of hydrogen-bond donors (Lipinski definition) is 3. The summed E-state index contributed by atoms with van der Waals surface area (Å²) >= 11 is 1.51. The van der Waals surface area contributed by atoms with Gasteiger partial charge in [-0.2, -0.15) is 11.8 Å². The van der Waals surface area contributed by atoms with Crippen molar-refractivity contribution in [3.63, 3.8) is 0 Å². The smallest absolute Gasteiger partial charge is 0.253 e. The van der Waals surface area contributed by atoms with E-state index in [0.29, 0.717) is 17.0 Å². The monoisotopic (exact) mass is 284 g/mol. The number of anilines is 1. The number of rotatable bonds is 6. The lowest BCUT2D eigenvalue weighted by Gasteiger charge is -2.21. The molecule has 0 radical (unpaired) electrons. The molecular formula is C13H20N2O3S. The first-order valence-electron chi connectivity index (χ1n) is 5.91. The topological polar surface area (TPSA) is 84.6 Å². The van der Waals surface area contributed by atoms with Crippen LogP contribution in [-0.2, 0) is 0 Å². The maximum Gasteiger partial charge on any atom is 0.253 e. The molecule has 2 unspecified atom stereocenters. The van der Waals surface area contributed by atoms with Gasteiger partial charge in [0, 0.05) is 23.0 Å². The van der Waals surface area contributed by atoms with E-state index in [4.69, 9.17) is 10.5 Å². The van der Waals surface area contributed by atoms with E-state index in [2.05, 4.69) is 5.32 Å². The molecule has 106 valence electrons. The van der Waals surface area contributed by atoms with Gasteiger partial charge < -0.3 is 20.9 Å². The van der Waals surface area contributed by atoms with E-state index in [0.717, 1.165) is 0 Å². The summed E-state index contributed by atoms with van der Waals surface area (Å²) in [5.74, 6) is 0.361. The summed E-state index contributed by atoms with van der Waals surface area (Å²) < 4.78 is 5.04. The quantitative estimate of drug-likeness (QED) is 0.682. The van der Waals surface area contributed by atoms with Crippen LogP contribution in [0.3, 0.4) is 0 Å². The normalized spacial score (nSPS) is 13.7. The van der Waals surface area contributed by atoms with Gasteiger partial charge in [0.1, 0.15) is 5.75 Å². The van der Waals surface area contributed by atoms with Crippen LogP contribution < -0.4 is 15.8 Å². The summed E-state index contributed by atoms with van der Waals surface area (Å²) in [5, 5.41) is 12.0. The number of hydrogen-bond acceptors (Lipinski definition) is 5. The first kappa shape index (κ1) is 15.7. The number of nitrogens with one attached hydrogen (secondary N) is 1. The molecule has 0 saturated heterocycles. The van der Waals surface area contributed by atoms with Crippen molar-refractivity contribution in [3.05, 3.63) is 23.8 Å². The largest absolute Gasteiger partial charge is 0.497 e. The van der Waals surface area contributed by atoms with E-state index in [1.54, 1.807) is 25.3 Å². The molecule has 2 atom stereocenters. The SMILES string of the molecule is COc1ccc(C(=O)NC(C)C(CO)SC)c(N)c1. The fraction of sp³-hybridized carbons (Fsp3) is 0.462. The zero-order valence-corrected chi connectivity index (χ0v) is 12.2. The van der Waals surface area contributed by atoms with Crippen molar-refractivity contribution in [2.24, 2.45) is 0 Å². The standard InChI is InChI=1S/C13H20N2O3S/c1-8(12(7-16)19-3)15-13(17)10-5-4-9(18-2)6-11(10)14/h4-6,8,12,16H,7,14H2,1-3H3,(H,15,17). The second kappa shape index (κ2) is 7.25. The van der Waals surface area contributed by atoms with Gasteiger partial charge >= 0.3 is 0 Å². The number of benzene rings is 1. The molecule has 1 rings (SSSR count). The number of nitrogens with two attached hydrogens (primary N) is 1. The second-order valence-electron chi connectivity index (χ2n) is 4.17. The first-order valence-corrected chi connectivity index (χ1v) is 7.20. The van der Waals surface area contributed by atoms with Crippen molar-refractivity contribution < 1.29 is 14.6 Å². The number of amides is 1. The first-order chi connectivity index (χ1) is 9.03. The van der Waals surface area contributed by atoms with Gasteiger partial charge in [0.15, 0.2) is 0 Å². The van der Waals surface area contributed by atoms with Gasteiger partial charge in [0.05, 0.1) is 19.3 Å². The molecule has 0 aliphatic heterocycles. The van der Waals surface area contributed by atoms with Crippen molar-refractivity contribution in [2.75, 3.05) is 25.7 Å². The van der Waals surface area contributed by atoms with Gasteiger partial charge in [-0.1, -0.05) is 0 Å². The van der Waals surface area contributed by atoms with Gasteiger partial charge in [0.25, 0.3) is 5.91 Å². The third-order valence-corrected chi connectivity index (χ3v) is 4.07. The number of nitrogen functional groups attached to an aromatic ring is 1. The molecule has 6 heteroatoms. The molecule has 1 amide bonds. The molecular weight excluding hydrogens is 264 g/mol. The lowest BCUT2D eigenvalue weighted by molar-refractivity contribution is 0.0937. The van der Waals surface area contributed by atoms with E-state index in [9.17, 15) is 9.90 Å². The third kappa shape index (κ3) is 4.04. The van der Waals surface area contributed by atoms with Crippen LogP contribution >= 0.6 is 11.8 Å². The maximum atomic E-state index is 12.1. The number of carbonyl (C=O) groups is 1. The Bertz CT molecular complexity index is 436. The summed E-state index contributed by atoms with van der Waals surface area (Å²) in [5.41, 5.74) is 6.60. The Labute approximate surface area is 117 Å². The maximum absolute atomic E-state index is 12.1. The van der Waals surface area contributed by atoms with Crippen LogP contribution in [0.4, 0.5) is 5.69 Å². The molecule has 0 bridgehead atoms. The Morgan fingerprint density at radius 3 is 2.74 bits per heavy atom. The minimum Gasteiger partial charge on any atom is -0.497 e. The summed E-state index contributed by atoms with van der Waals surface area (Å²) in [7, 11) is 1.54. The molecule has 0 aliphatic rings. The van der Waals surface area contributed by atoms with Gasteiger partial charge in [-0.05, 0) is 25.3 Å². The van der Waals surface area contributed by atoms with Crippen molar-refractivity contribution in [2.45, 2.75) is 18.2 Å². The zero-order chi connectivity index (χ0) is 14.4. The fourth-order valence-electron chi connectivity index (χ4n) is 1.69. The Balaban J connectivity index is 2.78. The number of aliphatic hydroxyl groups excluding tert-OH is 1. The lowest BCUT2D eigenvalue weighted by atomic mass is 10.1. The van der Waals surface area contributed by atoms with Crippen molar-refractivity contribution >= 4 is 23.4 Å². The summed E-state index contributed by atoms with van der Waals surface area (Å²) in [6.45, 7) is 1.87. The van der Waals surface area contributed by atoms with Crippen LogP contribution in [0.2, 0.25) is 0 Å². The predicted molar refractivity (Wildman–Crippen MR) is 78.7 cm³/mol. The number of carbonyl (C=O) groups excluding carboxylic acids is 1. The second-order valence-corrected chi connectivity index (χ2v) is 5.25. The van der Waals surface area contributed by atoms with Crippen LogP contribution in [0, 0.1) is 0 Å². The average molecular weight is 284 g/mol. The van der Waals surface area contributed by atoms with Gasteiger partial charge in [-0.15, -0.1) is 0 Å². The average Bonchev–Trinajstić information content (AvgIpc) is 2.39. The zero-order valence-electron chi connectivity index (χ0n) is 11.3. The fourth-order valence-corrected chi connectivity index (χ4v) is 2.31. The number of methoxy groups -OCH3 is 1. The van der Waals surface area contributed by atoms with E-state index < -0.39 is 0 Å². The highest BCUT2D eigenvalue weighted by molar-refractivity contribution is 7.99. The highest BCUT2D eigenvalue weighted by atomic mass is 32.2. The molecule has 5 nitrogen and oxygen atoms in total. The molecule has 0 aromatic heterocycles. The van der Waals surface area contributed by atoms with E-state index >= 15 is 0 Å². The Morgan fingerprint density at radius 1 is 1.58 bits per heavy atom. The molecule has 0 spiro atoms. The van der Waals surface area contributed by atoms with E-state index in [-0.39, 0.29) is 23.8 Å². The predicted octanol–water partition coefficient (Wildman–Crippen LogP) is 1.12. The Morgan fingerprint density at radius 2 is 2.26 bits per heavy atom. The molecule has 0 fully saturated rings. The third-order valence-electron chi connectivity index (χ3n) is 2.90. The number of thioether (sulfide) groups is 1. The number of aliphatic hydroxyl groups is 1. The van der Waals surface area contributed by atoms with Crippen LogP contribution in [0.25, 0.3) is 0 Å². The Hall–Kier alpha value is -1.40. The molecule has 19 heavy (non-hydrogen) atoms. The van der Waals surface area contributed by atoms with Crippen molar-refractivity contribution in [1.82, 2.24) is 5.32 Å². The highest BCUT2D eigenvalue weighted by Gasteiger charge is 2.19.